The van der Waals surface area contributed by atoms with E-state index in [0.717, 1.165) is 5.75 Å². The zero-order valence-electron chi connectivity index (χ0n) is 10.3. The lowest BCUT2D eigenvalue weighted by Gasteiger charge is -2.32. The zero-order chi connectivity index (χ0) is 13.8. The van der Waals surface area contributed by atoms with Crippen molar-refractivity contribution in [2.24, 2.45) is 5.73 Å². The molecule has 2 rings (SSSR count). The molecule has 1 aromatic heterocycles. The molecule has 1 fully saturated rings. The van der Waals surface area contributed by atoms with Crippen LogP contribution < -0.4 is 5.73 Å². The van der Waals surface area contributed by atoms with Gasteiger partial charge in [-0.25, -0.2) is 4.79 Å². The molecule has 3 N–H and O–H groups in total. The minimum absolute atomic E-state index is 0.249. The molecule has 2 heterocycles. The summed E-state index contributed by atoms with van der Waals surface area (Å²) in [4.78, 5) is 29.0. The van der Waals surface area contributed by atoms with Crippen LogP contribution in [0.1, 0.15) is 16.1 Å². The molecule has 6 nitrogen and oxygen atoms in total. The summed E-state index contributed by atoms with van der Waals surface area (Å²) in [6.07, 6.45) is 1.52. The first-order chi connectivity index (χ1) is 9.13. The molecule has 7 heteroatoms. The van der Waals surface area contributed by atoms with Crippen LogP contribution in [-0.4, -0.2) is 51.0 Å². The van der Waals surface area contributed by atoms with E-state index >= 15 is 0 Å². The Hall–Kier alpha value is -1.60. The van der Waals surface area contributed by atoms with Gasteiger partial charge in [0.25, 0.3) is 5.91 Å². The molecule has 19 heavy (non-hydrogen) atoms. The van der Waals surface area contributed by atoms with Crippen LogP contribution in [0, 0.1) is 0 Å². The number of carbonyl (C=O) groups excluding carboxylic acids is 1. The standard InChI is InChI=1S/C12H15N3O3S/c13-6-9-5-8(1-2-14-9)11(16)15-3-4-19-7-10(15)12(17)18/h1-2,5,10H,3-4,6-7,13H2,(H,17,18). The van der Waals surface area contributed by atoms with Crippen LogP contribution >= 0.6 is 11.8 Å². The van der Waals surface area contributed by atoms with Gasteiger partial charge in [0.05, 0.1) is 5.69 Å². The van der Waals surface area contributed by atoms with Crippen LogP contribution in [0.25, 0.3) is 0 Å². The van der Waals surface area contributed by atoms with Crippen molar-refractivity contribution >= 4 is 23.6 Å². The third-order valence-electron chi connectivity index (χ3n) is 2.95. The fourth-order valence-corrected chi connectivity index (χ4v) is 2.98. The Labute approximate surface area is 115 Å². The van der Waals surface area contributed by atoms with Gasteiger partial charge in [0.2, 0.25) is 0 Å². The molecule has 1 unspecified atom stereocenters. The van der Waals surface area contributed by atoms with Crippen LogP contribution in [-0.2, 0) is 11.3 Å². The van der Waals surface area contributed by atoms with E-state index in [1.807, 2.05) is 0 Å². The molecule has 0 spiro atoms. The van der Waals surface area contributed by atoms with Gasteiger partial charge in [-0.15, -0.1) is 0 Å². The normalized spacial score (nSPS) is 19.2. The Balaban J connectivity index is 2.23. The Kier molecular flexibility index (Phi) is 4.39. The summed E-state index contributed by atoms with van der Waals surface area (Å²) in [6.45, 7) is 0.695. The van der Waals surface area contributed by atoms with E-state index in [2.05, 4.69) is 4.98 Å². The molecule has 0 aliphatic carbocycles. The van der Waals surface area contributed by atoms with Gasteiger partial charge in [-0.3, -0.25) is 9.78 Å². The first kappa shape index (κ1) is 13.8. The second-order valence-corrected chi connectivity index (χ2v) is 5.32. The van der Waals surface area contributed by atoms with Crippen molar-refractivity contribution < 1.29 is 14.7 Å². The molecule has 0 saturated carbocycles. The number of amides is 1. The number of pyridine rings is 1. The number of carboxylic acid groups (broad SMARTS) is 1. The molecule has 1 aliphatic rings. The van der Waals surface area contributed by atoms with Crippen molar-refractivity contribution in [2.75, 3.05) is 18.1 Å². The van der Waals surface area contributed by atoms with Gasteiger partial charge in [-0.1, -0.05) is 0 Å². The minimum Gasteiger partial charge on any atom is -0.480 e. The maximum atomic E-state index is 12.4. The molecule has 102 valence electrons. The summed E-state index contributed by atoms with van der Waals surface area (Å²) in [5, 5.41) is 9.17. The van der Waals surface area contributed by atoms with E-state index in [1.165, 1.54) is 11.1 Å². The predicted octanol–water partition coefficient (Wildman–Crippen LogP) is 0.182. The quantitative estimate of drug-likeness (QED) is 0.820. The maximum Gasteiger partial charge on any atom is 0.327 e. The van der Waals surface area contributed by atoms with E-state index in [9.17, 15) is 9.59 Å². The lowest BCUT2D eigenvalue weighted by atomic mass is 10.1. The monoisotopic (exact) mass is 281 g/mol. The Morgan fingerprint density at radius 1 is 1.58 bits per heavy atom. The fourth-order valence-electron chi connectivity index (χ4n) is 1.94. The van der Waals surface area contributed by atoms with E-state index in [4.69, 9.17) is 10.8 Å². The lowest BCUT2D eigenvalue weighted by molar-refractivity contribution is -0.141. The smallest absolute Gasteiger partial charge is 0.327 e. The topological polar surface area (TPSA) is 96.5 Å². The second-order valence-electron chi connectivity index (χ2n) is 4.17. The summed E-state index contributed by atoms with van der Waals surface area (Å²) >= 11 is 1.55. The first-order valence-corrected chi connectivity index (χ1v) is 7.05. The number of thioether (sulfide) groups is 1. The van der Waals surface area contributed by atoms with E-state index in [1.54, 1.807) is 23.9 Å². The van der Waals surface area contributed by atoms with Gasteiger partial charge in [-0.05, 0) is 12.1 Å². The molecule has 1 aromatic rings. The molecule has 0 aromatic carbocycles. The summed E-state index contributed by atoms with van der Waals surface area (Å²) in [5.41, 5.74) is 6.54. The number of aromatic nitrogens is 1. The average Bonchev–Trinajstić information content (AvgIpc) is 2.46. The van der Waals surface area contributed by atoms with Crippen molar-refractivity contribution in [1.29, 1.82) is 0 Å². The fraction of sp³-hybridized carbons (Fsp3) is 0.417. The molecular formula is C12H15N3O3S. The zero-order valence-corrected chi connectivity index (χ0v) is 11.1. The number of nitrogens with zero attached hydrogens (tertiary/aromatic N) is 2. The molecule has 0 radical (unpaired) electrons. The third-order valence-corrected chi connectivity index (χ3v) is 3.97. The third kappa shape index (κ3) is 3.05. The van der Waals surface area contributed by atoms with Crippen LogP contribution in [0.3, 0.4) is 0 Å². The highest BCUT2D eigenvalue weighted by atomic mass is 32.2. The summed E-state index contributed by atoms with van der Waals surface area (Å²) in [6, 6.07) is 2.44. The molecular weight excluding hydrogens is 266 g/mol. The van der Waals surface area contributed by atoms with Crippen molar-refractivity contribution in [2.45, 2.75) is 12.6 Å². The van der Waals surface area contributed by atoms with Crippen LogP contribution in [0.2, 0.25) is 0 Å². The van der Waals surface area contributed by atoms with Gasteiger partial charge in [0.1, 0.15) is 6.04 Å². The Morgan fingerprint density at radius 3 is 3.05 bits per heavy atom. The number of hydrogen-bond donors (Lipinski definition) is 2. The lowest BCUT2D eigenvalue weighted by Crippen LogP contribution is -2.50. The Morgan fingerprint density at radius 2 is 2.37 bits per heavy atom. The number of carbonyl (C=O) groups is 2. The van der Waals surface area contributed by atoms with Crippen LogP contribution in [0.15, 0.2) is 18.3 Å². The van der Waals surface area contributed by atoms with Crippen molar-refractivity contribution in [3.63, 3.8) is 0 Å². The summed E-state index contributed by atoms with van der Waals surface area (Å²) in [5.74, 6) is -0.0567. The number of hydrogen-bond acceptors (Lipinski definition) is 5. The van der Waals surface area contributed by atoms with Crippen molar-refractivity contribution in [3.8, 4) is 0 Å². The highest BCUT2D eigenvalue weighted by Crippen LogP contribution is 2.19. The molecule has 1 atom stereocenters. The highest BCUT2D eigenvalue weighted by molar-refractivity contribution is 7.99. The van der Waals surface area contributed by atoms with Crippen LogP contribution in [0.4, 0.5) is 0 Å². The van der Waals surface area contributed by atoms with E-state index in [0.29, 0.717) is 23.6 Å². The van der Waals surface area contributed by atoms with Gasteiger partial charge >= 0.3 is 5.97 Å². The summed E-state index contributed by atoms with van der Waals surface area (Å²) in [7, 11) is 0. The second kappa shape index (κ2) is 6.03. The van der Waals surface area contributed by atoms with Crippen molar-refractivity contribution in [3.05, 3.63) is 29.6 Å². The molecule has 1 amide bonds. The number of nitrogens with two attached hydrogens (primary N) is 1. The predicted molar refractivity (Wildman–Crippen MR) is 71.9 cm³/mol. The molecule has 1 aliphatic heterocycles. The largest absolute Gasteiger partial charge is 0.480 e. The van der Waals surface area contributed by atoms with Gasteiger partial charge < -0.3 is 15.7 Å². The van der Waals surface area contributed by atoms with Gasteiger partial charge in [-0.2, -0.15) is 11.8 Å². The van der Waals surface area contributed by atoms with E-state index < -0.39 is 12.0 Å². The van der Waals surface area contributed by atoms with Crippen LogP contribution in [0.5, 0.6) is 0 Å². The van der Waals surface area contributed by atoms with E-state index in [-0.39, 0.29) is 12.5 Å². The minimum atomic E-state index is -0.964. The SMILES string of the molecule is NCc1cc(C(=O)N2CCSCC2C(=O)O)ccn1. The number of carboxylic acids is 1. The first-order valence-electron chi connectivity index (χ1n) is 5.90. The maximum absolute atomic E-state index is 12.4. The highest BCUT2D eigenvalue weighted by Gasteiger charge is 2.32. The van der Waals surface area contributed by atoms with Gasteiger partial charge in [0, 0.05) is 36.4 Å². The molecule has 0 bridgehead atoms. The Bertz CT molecular complexity index is 495. The summed E-state index contributed by atoms with van der Waals surface area (Å²) < 4.78 is 0. The molecule has 1 saturated heterocycles. The van der Waals surface area contributed by atoms with Crippen molar-refractivity contribution in [1.82, 2.24) is 9.88 Å². The van der Waals surface area contributed by atoms with Gasteiger partial charge in [0.15, 0.2) is 0 Å². The number of aliphatic carboxylic acids is 1. The average molecular weight is 281 g/mol. The number of rotatable bonds is 3.